The molecule has 0 aliphatic heterocycles. The second-order valence-corrected chi connectivity index (χ2v) is 6.11. The highest BCUT2D eigenvalue weighted by atomic mass is 32.2. The fraction of sp³-hybridized carbons (Fsp3) is 0.538. The van der Waals surface area contributed by atoms with Gasteiger partial charge in [-0.15, -0.1) is 0 Å². The van der Waals surface area contributed by atoms with Crippen LogP contribution in [0.15, 0.2) is 18.3 Å². The van der Waals surface area contributed by atoms with Crippen molar-refractivity contribution in [3.63, 3.8) is 0 Å². The topological polar surface area (TPSA) is 51.2 Å². The van der Waals surface area contributed by atoms with Crippen molar-refractivity contribution in [1.82, 2.24) is 10.3 Å². The smallest absolute Gasteiger partial charge is 0.339 e. The van der Waals surface area contributed by atoms with E-state index in [1.165, 1.54) is 7.11 Å². The summed E-state index contributed by atoms with van der Waals surface area (Å²) in [4.78, 5) is 15.5. The van der Waals surface area contributed by atoms with Crippen molar-refractivity contribution >= 4 is 17.7 Å². The maximum absolute atomic E-state index is 11.2. The highest BCUT2D eigenvalue weighted by molar-refractivity contribution is 7.99. The number of thioether (sulfide) groups is 1. The van der Waals surface area contributed by atoms with Crippen LogP contribution in [-0.4, -0.2) is 35.6 Å². The van der Waals surface area contributed by atoms with Gasteiger partial charge in [-0.25, -0.2) is 4.79 Å². The van der Waals surface area contributed by atoms with Crippen molar-refractivity contribution in [2.24, 2.45) is 0 Å². The predicted octanol–water partition coefficient (Wildman–Crippen LogP) is 2.10. The molecule has 0 bridgehead atoms. The number of ether oxygens (including phenoxy) is 1. The van der Waals surface area contributed by atoms with E-state index in [1.807, 2.05) is 17.8 Å². The predicted molar refractivity (Wildman–Crippen MR) is 74.9 cm³/mol. The third-order valence-electron chi connectivity index (χ3n) is 2.66. The van der Waals surface area contributed by atoms with Gasteiger partial charge in [0.15, 0.2) is 0 Å². The highest BCUT2D eigenvalue weighted by Crippen LogP contribution is 2.19. The number of nitrogens with one attached hydrogen (secondary N) is 1. The SMILES string of the molecule is COC(=O)c1ccc(CNCC(C)(C)SC)nc1. The van der Waals surface area contributed by atoms with Gasteiger partial charge in [-0.3, -0.25) is 4.98 Å². The van der Waals surface area contributed by atoms with Crippen LogP contribution in [0, 0.1) is 0 Å². The summed E-state index contributed by atoms with van der Waals surface area (Å²) in [6, 6.07) is 3.57. The first-order chi connectivity index (χ1) is 8.48. The summed E-state index contributed by atoms with van der Waals surface area (Å²) >= 11 is 1.83. The Morgan fingerprint density at radius 3 is 2.72 bits per heavy atom. The number of aromatic nitrogens is 1. The molecule has 100 valence electrons. The summed E-state index contributed by atoms with van der Waals surface area (Å²) in [5, 5.41) is 3.36. The van der Waals surface area contributed by atoms with Crippen LogP contribution in [0.4, 0.5) is 0 Å². The lowest BCUT2D eigenvalue weighted by molar-refractivity contribution is 0.0600. The standard InChI is InChI=1S/C13H20N2O2S/c1-13(2,18-4)9-14-8-11-6-5-10(7-15-11)12(16)17-3/h5-7,14H,8-9H2,1-4H3. The Bertz CT molecular complexity index is 390. The first-order valence-corrected chi connectivity index (χ1v) is 7.00. The van der Waals surface area contributed by atoms with Crippen molar-refractivity contribution in [3.05, 3.63) is 29.6 Å². The molecular weight excluding hydrogens is 248 g/mol. The molecule has 0 atom stereocenters. The average Bonchev–Trinajstić information content (AvgIpc) is 2.38. The number of hydrogen-bond donors (Lipinski definition) is 1. The molecule has 5 heteroatoms. The Morgan fingerprint density at radius 1 is 1.50 bits per heavy atom. The summed E-state index contributed by atoms with van der Waals surface area (Å²) in [6.45, 7) is 6.00. The fourth-order valence-electron chi connectivity index (χ4n) is 1.33. The van der Waals surface area contributed by atoms with E-state index in [0.717, 1.165) is 12.2 Å². The molecule has 1 rings (SSSR count). The Kier molecular flexibility index (Phi) is 5.62. The van der Waals surface area contributed by atoms with Crippen molar-refractivity contribution in [2.75, 3.05) is 19.9 Å². The van der Waals surface area contributed by atoms with E-state index in [9.17, 15) is 4.79 Å². The van der Waals surface area contributed by atoms with Crippen molar-refractivity contribution < 1.29 is 9.53 Å². The number of rotatable bonds is 6. The second kappa shape index (κ2) is 6.75. The Balaban J connectivity index is 2.47. The van der Waals surface area contributed by atoms with Gasteiger partial charge < -0.3 is 10.1 Å². The van der Waals surface area contributed by atoms with E-state index in [0.29, 0.717) is 12.1 Å². The molecule has 0 amide bonds. The molecule has 0 unspecified atom stereocenters. The van der Waals surface area contributed by atoms with Crippen molar-refractivity contribution in [2.45, 2.75) is 25.1 Å². The van der Waals surface area contributed by atoms with E-state index in [2.05, 4.69) is 35.1 Å². The lowest BCUT2D eigenvalue weighted by Crippen LogP contribution is -2.31. The lowest BCUT2D eigenvalue weighted by Gasteiger charge is -2.22. The van der Waals surface area contributed by atoms with Crippen LogP contribution < -0.4 is 5.32 Å². The van der Waals surface area contributed by atoms with Gasteiger partial charge in [0.25, 0.3) is 0 Å². The summed E-state index contributed by atoms with van der Waals surface area (Å²) in [6.07, 6.45) is 3.65. The number of carbonyl (C=O) groups is 1. The number of esters is 1. The molecule has 0 saturated carbocycles. The summed E-state index contributed by atoms with van der Waals surface area (Å²) in [7, 11) is 1.36. The number of carbonyl (C=O) groups excluding carboxylic acids is 1. The molecule has 4 nitrogen and oxygen atoms in total. The van der Waals surface area contributed by atoms with Gasteiger partial charge in [-0.05, 0) is 32.2 Å². The molecule has 0 aromatic carbocycles. The molecule has 1 N–H and O–H groups in total. The Hall–Kier alpha value is -1.07. The van der Waals surface area contributed by atoms with Crippen LogP contribution in [0.2, 0.25) is 0 Å². The fourth-order valence-corrected chi connectivity index (χ4v) is 1.58. The normalized spacial score (nSPS) is 11.3. The number of methoxy groups -OCH3 is 1. The molecule has 0 aliphatic carbocycles. The molecule has 0 spiro atoms. The van der Waals surface area contributed by atoms with Gasteiger partial charge in [0.05, 0.1) is 18.4 Å². The molecule has 0 radical (unpaired) electrons. The number of nitrogens with zero attached hydrogens (tertiary/aromatic N) is 1. The Morgan fingerprint density at radius 2 is 2.22 bits per heavy atom. The van der Waals surface area contributed by atoms with Gasteiger partial charge in [0, 0.05) is 24.0 Å². The zero-order chi connectivity index (χ0) is 13.6. The van der Waals surface area contributed by atoms with Crippen LogP contribution in [-0.2, 0) is 11.3 Å². The van der Waals surface area contributed by atoms with E-state index >= 15 is 0 Å². The highest BCUT2D eigenvalue weighted by Gasteiger charge is 2.14. The minimum Gasteiger partial charge on any atom is -0.465 e. The molecule has 1 heterocycles. The molecule has 1 aromatic heterocycles. The third kappa shape index (κ3) is 4.66. The van der Waals surface area contributed by atoms with Crippen LogP contribution in [0.25, 0.3) is 0 Å². The van der Waals surface area contributed by atoms with Gasteiger partial charge in [-0.1, -0.05) is 0 Å². The first-order valence-electron chi connectivity index (χ1n) is 5.77. The van der Waals surface area contributed by atoms with Gasteiger partial charge in [0.1, 0.15) is 0 Å². The largest absolute Gasteiger partial charge is 0.465 e. The average molecular weight is 268 g/mol. The van der Waals surface area contributed by atoms with Crippen LogP contribution in [0.5, 0.6) is 0 Å². The third-order valence-corrected chi connectivity index (χ3v) is 3.90. The summed E-state index contributed by atoms with van der Waals surface area (Å²) in [5.74, 6) is -0.356. The lowest BCUT2D eigenvalue weighted by atomic mass is 10.2. The van der Waals surface area contributed by atoms with E-state index in [-0.39, 0.29) is 10.7 Å². The van der Waals surface area contributed by atoms with Crippen LogP contribution >= 0.6 is 11.8 Å². The maximum Gasteiger partial charge on any atom is 0.339 e. The van der Waals surface area contributed by atoms with E-state index in [4.69, 9.17) is 0 Å². The van der Waals surface area contributed by atoms with E-state index in [1.54, 1.807) is 12.3 Å². The maximum atomic E-state index is 11.2. The Labute approximate surface area is 113 Å². The van der Waals surface area contributed by atoms with E-state index < -0.39 is 0 Å². The van der Waals surface area contributed by atoms with Gasteiger partial charge in [0.2, 0.25) is 0 Å². The summed E-state index contributed by atoms with van der Waals surface area (Å²) in [5.41, 5.74) is 1.39. The minimum absolute atomic E-state index is 0.214. The number of pyridine rings is 1. The van der Waals surface area contributed by atoms with Crippen molar-refractivity contribution in [3.8, 4) is 0 Å². The van der Waals surface area contributed by atoms with Crippen LogP contribution in [0.1, 0.15) is 29.9 Å². The molecule has 18 heavy (non-hydrogen) atoms. The molecule has 1 aromatic rings. The monoisotopic (exact) mass is 268 g/mol. The first kappa shape index (κ1) is 15.0. The summed E-state index contributed by atoms with van der Waals surface area (Å²) < 4.78 is 4.83. The zero-order valence-corrected chi connectivity index (χ0v) is 12.1. The van der Waals surface area contributed by atoms with Gasteiger partial charge in [-0.2, -0.15) is 11.8 Å². The molecular formula is C13H20N2O2S. The molecule has 0 fully saturated rings. The minimum atomic E-state index is -0.356. The zero-order valence-electron chi connectivity index (χ0n) is 11.3. The molecule has 0 saturated heterocycles. The van der Waals surface area contributed by atoms with Crippen molar-refractivity contribution in [1.29, 1.82) is 0 Å². The number of hydrogen-bond acceptors (Lipinski definition) is 5. The quantitative estimate of drug-likeness (QED) is 0.801. The second-order valence-electron chi connectivity index (χ2n) is 4.60. The van der Waals surface area contributed by atoms with Crippen LogP contribution in [0.3, 0.4) is 0 Å². The van der Waals surface area contributed by atoms with Gasteiger partial charge >= 0.3 is 5.97 Å². The molecule has 0 aliphatic rings.